The van der Waals surface area contributed by atoms with E-state index in [-0.39, 0.29) is 29.0 Å². The molecule has 0 unspecified atom stereocenters. The molecule has 3 aromatic heterocycles. The van der Waals surface area contributed by atoms with Gasteiger partial charge in [0.15, 0.2) is 34.5 Å². The molecule has 0 bridgehead atoms. The van der Waals surface area contributed by atoms with Crippen molar-refractivity contribution in [2.24, 2.45) is 0 Å². The Hall–Kier alpha value is -4.46. The van der Waals surface area contributed by atoms with Gasteiger partial charge in [0.2, 0.25) is 5.91 Å². The lowest BCUT2D eigenvalue weighted by molar-refractivity contribution is -0.119. The van der Waals surface area contributed by atoms with Gasteiger partial charge in [-0.1, -0.05) is 0 Å². The van der Waals surface area contributed by atoms with Gasteiger partial charge >= 0.3 is 0 Å². The van der Waals surface area contributed by atoms with Crippen molar-refractivity contribution >= 4 is 17.4 Å². The van der Waals surface area contributed by atoms with Gasteiger partial charge in [0, 0.05) is 11.8 Å². The zero-order chi connectivity index (χ0) is 25.1. The van der Waals surface area contributed by atoms with E-state index < -0.39 is 35.0 Å². The third-order valence-corrected chi connectivity index (χ3v) is 5.95. The quantitative estimate of drug-likeness (QED) is 0.441. The molecule has 1 aromatic carbocycles. The molecule has 1 aliphatic rings. The largest absolute Gasteiger partial charge is 0.485 e. The number of halogens is 3. The molecule has 1 amide bonds. The zero-order valence-electron chi connectivity index (χ0n) is 18.8. The van der Waals surface area contributed by atoms with Crippen LogP contribution in [-0.2, 0) is 16.8 Å². The van der Waals surface area contributed by atoms with E-state index in [1.807, 2.05) is 6.07 Å². The van der Waals surface area contributed by atoms with E-state index in [1.165, 1.54) is 0 Å². The fourth-order valence-corrected chi connectivity index (χ4v) is 4.10. The van der Waals surface area contributed by atoms with Gasteiger partial charge in [-0.25, -0.2) is 28.1 Å². The van der Waals surface area contributed by atoms with Crippen molar-refractivity contribution in [2.75, 3.05) is 5.32 Å². The molecule has 5 rings (SSSR count). The van der Waals surface area contributed by atoms with Crippen LogP contribution in [0.5, 0.6) is 5.75 Å². The minimum atomic E-state index is -1.32. The van der Waals surface area contributed by atoms with Crippen LogP contribution in [0.2, 0.25) is 0 Å². The summed E-state index contributed by atoms with van der Waals surface area (Å²) in [6, 6.07) is 6.74. The summed E-state index contributed by atoms with van der Waals surface area (Å²) >= 11 is 0. The third kappa shape index (κ3) is 3.37. The SMILES string of the molecule is Cc1nc2c(OCc3c(F)ccc(F)c3F)cccn2c1-c1nc(C#N)c2c(n1)NC(=O)C2(C)C. The van der Waals surface area contributed by atoms with Crippen molar-refractivity contribution in [1.82, 2.24) is 19.4 Å². The predicted molar refractivity (Wildman–Crippen MR) is 118 cm³/mol. The Balaban J connectivity index is 1.59. The first-order valence-corrected chi connectivity index (χ1v) is 10.5. The van der Waals surface area contributed by atoms with E-state index in [1.54, 1.807) is 43.5 Å². The minimum Gasteiger partial charge on any atom is -0.485 e. The molecule has 0 radical (unpaired) electrons. The van der Waals surface area contributed by atoms with Gasteiger partial charge in [0.25, 0.3) is 0 Å². The number of ether oxygens (including phenoxy) is 1. The second-order valence-electron chi connectivity index (χ2n) is 8.53. The van der Waals surface area contributed by atoms with E-state index in [0.717, 1.165) is 6.07 Å². The van der Waals surface area contributed by atoms with Crippen LogP contribution in [0.3, 0.4) is 0 Å². The van der Waals surface area contributed by atoms with Crippen molar-refractivity contribution in [3.63, 3.8) is 0 Å². The number of rotatable bonds is 4. The molecule has 4 heterocycles. The van der Waals surface area contributed by atoms with Crippen molar-refractivity contribution in [1.29, 1.82) is 5.26 Å². The molecule has 4 aromatic rings. The topological polar surface area (TPSA) is 105 Å². The highest BCUT2D eigenvalue weighted by molar-refractivity contribution is 6.05. The van der Waals surface area contributed by atoms with E-state index in [2.05, 4.69) is 20.3 Å². The van der Waals surface area contributed by atoms with Gasteiger partial charge in [0.1, 0.15) is 30.0 Å². The molecule has 0 saturated carbocycles. The van der Waals surface area contributed by atoms with Crippen LogP contribution in [0.1, 0.15) is 36.4 Å². The first kappa shape index (κ1) is 22.3. The molecule has 0 aliphatic carbocycles. The molecule has 35 heavy (non-hydrogen) atoms. The Labute approximate surface area is 197 Å². The number of nitrogens with one attached hydrogen (secondary N) is 1. The Morgan fingerprint density at radius 1 is 1.14 bits per heavy atom. The predicted octanol–water partition coefficient (Wildman–Crippen LogP) is 4.20. The fraction of sp³-hybridized carbons (Fsp3) is 0.208. The number of nitrogens with zero attached hydrogens (tertiary/aromatic N) is 5. The molecule has 0 saturated heterocycles. The number of imidazole rings is 1. The maximum atomic E-state index is 14.0. The third-order valence-electron chi connectivity index (χ3n) is 5.95. The number of aryl methyl sites for hydroxylation is 1. The standard InChI is InChI=1S/C24H17F3N6O2/c1-11-19(21-30-15(9-28)17-20(31-21)32-23(34)24(17,2)3)33-8-4-5-16(22(33)29-11)35-10-12-13(25)6-7-14(26)18(12)27/h4-8H,10H2,1-3H3,(H,30,31,32,34). The molecule has 8 nitrogen and oxygen atoms in total. The lowest BCUT2D eigenvalue weighted by Crippen LogP contribution is -2.27. The highest BCUT2D eigenvalue weighted by Crippen LogP contribution is 2.39. The number of nitriles is 1. The number of pyridine rings is 1. The molecule has 1 aliphatic heterocycles. The van der Waals surface area contributed by atoms with Crippen molar-refractivity contribution in [3.8, 4) is 23.3 Å². The number of hydrogen-bond donors (Lipinski definition) is 1. The number of carbonyl (C=O) groups excluding carboxylic acids is 1. The van der Waals surface area contributed by atoms with Crippen LogP contribution in [0, 0.1) is 35.7 Å². The van der Waals surface area contributed by atoms with Gasteiger partial charge in [-0.05, 0) is 45.0 Å². The van der Waals surface area contributed by atoms with Crippen molar-refractivity contribution in [3.05, 3.63) is 70.4 Å². The molecule has 1 N–H and O–H groups in total. The summed E-state index contributed by atoms with van der Waals surface area (Å²) < 4.78 is 48.8. The minimum absolute atomic E-state index is 0.0622. The number of anilines is 1. The van der Waals surface area contributed by atoms with Crippen LogP contribution in [0.25, 0.3) is 17.2 Å². The Morgan fingerprint density at radius 3 is 2.63 bits per heavy atom. The molecular weight excluding hydrogens is 461 g/mol. The monoisotopic (exact) mass is 478 g/mol. The van der Waals surface area contributed by atoms with Crippen LogP contribution in [0.4, 0.5) is 19.0 Å². The number of hydrogen-bond acceptors (Lipinski definition) is 6. The molecular formula is C24H17F3N6O2. The van der Waals surface area contributed by atoms with Gasteiger partial charge < -0.3 is 10.1 Å². The van der Waals surface area contributed by atoms with E-state index in [4.69, 9.17) is 4.74 Å². The van der Waals surface area contributed by atoms with E-state index >= 15 is 0 Å². The number of fused-ring (bicyclic) bond motifs is 2. The summed E-state index contributed by atoms with van der Waals surface area (Å²) in [6.07, 6.45) is 1.66. The maximum Gasteiger partial charge on any atom is 0.235 e. The van der Waals surface area contributed by atoms with E-state index in [0.29, 0.717) is 28.7 Å². The van der Waals surface area contributed by atoms with Gasteiger partial charge in [-0.2, -0.15) is 5.26 Å². The second kappa shape index (κ2) is 7.80. The average Bonchev–Trinajstić information content (AvgIpc) is 3.28. The molecule has 0 atom stereocenters. The van der Waals surface area contributed by atoms with Gasteiger partial charge in [-0.15, -0.1) is 0 Å². The number of amides is 1. The van der Waals surface area contributed by atoms with E-state index in [9.17, 15) is 23.2 Å². The van der Waals surface area contributed by atoms with Crippen LogP contribution in [0.15, 0.2) is 30.5 Å². The van der Waals surface area contributed by atoms with Crippen molar-refractivity contribution in [2.45, 2.75) is 32.8 Å². The summed E-state index contributed by atoms with van der Waals surface area (Å²) in [4.78, 5) is 25.8. The molecule has 176 valence electrons. The van der Waals surface area contributed by atoms with Crippen LogP contribution >= 0.6 is 0 Å². The Kier molecular flexibility index (Phi) is 4.98. The molecule has 0 fully saturated rings. The molecule has 0 spiro atoms. The lowest BCUT2D eigenvalue weighted by atomic mass is 9.86. The van der Waals surface area contributed by atoms with Crippen molar-refractivity contribution < 1.29 is 22.7 Å². The number of benzene rings is 1. The summed E-state index contributed by atoms with van der Waals surface area (Å²) in [6.45, 7) is 4.51. The fourth-order valence-electron chi connectivity index (χ4n) is 4.10. The first-order valence-electron chi connectivity index (χ1n) is 10.5. The highest BCUT2D eigenvalue weighted by Gasteiger charge is 2.43. The Bertz CT molecular complexity index is 1590. The van der Waals surface area contributed by atoms with Crippen LogP contribution in [-0.4, -0.2) is 25.3 Å². The smallest absolute Gasteiger partial charge is 0.235 e. The lowest BCUT2D eigenvalue weighted by Gasteiger charge is -2.15. The molecule has 11 heteroatoms. The summed E-state index contributed by atoms with van der Waals surface area (Å²) in [5, 5.41) is 12.4. The second-order valence-corrected chi connectivity index (χ2v) is 8.53. The van der Waals surface area contributed by atoms with Gasteiger partial charge in [0.05, 0.1) is 16.7 Å². The summed E-state index contributed by atoms with van der Waals surface area (Å²) in [5.41, 5.74) is 0.188. The Morgan fingerprint density at radius 2 is 1.89 bits per heavy atom. The summed E-state index contributed by atoms with van der Waals surface area (Å²) in [5.74, 6) is -3.14. The first-order chi connectivity index (χ1) is 16.6. The maximum absolute atomic E-state index is 14.0. The summed E-state index contributed by atoms with van der Waals surface area (Å²) in [7, 11) is 0. The van der Waals surface area contributed by atoms with Gasteiger partial charge in [-0.3, -0.25) is 9.20 Å². The average molecular weight is 478 g/mol. The number of carbonyl (C=O) groups is 1. The zero-order valence-corrected chi connectivity index (χ0v) is 18.8. The number of aromatic nitrogens is 4. The highest BCUT2D eigenvalue weighted by atomic mass is 19.2. The normalized spacial score (nSPS) is 14.0. The van der Waals surface area contributed by atoms with Crippen LogP contribution < -0.4 is 10.1 Å².